The van der Waals surface area contributed by atoms with Crippen LogP contribution >= 0.6 is 0 Å². The Balaban J connectivity index is 1.79. The first-order valence-electron chi connectivity index (χ1n) is 9.25. The molecular formula is C20H20F4N4O3. The van der Waals surface area contributed by atoms with Crippen LogP contribution in [0.15, 0.2) is 41.5 Å². The monoisotopic (exact) mass is 440 g/mol. The van der Waals surface area contributed by atoms with Crippen molar-refractivity contribution in [1.29, 1.82) is 0 Å². The number of carbonyl (C=O) groups is 1. The van der Waals surface area contributed by atoms with Crippen LogP contribution in [0.3, 0.4) is 0 Å². The number of halogens is 4. The number of nitrogens with zero attached hydrogens (tertiary/aromatic N) is 2. The Labute approximate surface area is 175 Å². The number of nitrogens with two attached hydrogens (primary N) is 1. The molecule has 0 unspecified atom stereocenters. The molecule has 0 aliphatic heterocycles. The second-order valence-electron chi connectivity index (χ2n) is 6.86. The molecule has 0 spiro atoms. The summed E-state index contributed by atoms with van der Waals surface area (Å²) in [6.45, 7) is -1.05. The molecule has 166 valence electrons. The van der Waals surface area contributed by atoms with E-state index in [4.69, 9.17) is 10.5 Å². The Morgan fingerprint density at radius 2 is 2.10 bits per heavy atom. The van der Waals surface area contributed by atoms with Gasteiger partial charge in [-0.3, -0.25) is 4.79 Å². The van der Waals surface area contributed by atoms with Crippen LogP contribution < -0.4 is 15.8 Å². The van der Waals surface area contributed by atoms with Crippen LogP contribution in [0.4, 0.5) is 23.2 Å². The van der Waals surface area contributed by atoms with Gasteiger partial charge in [-0.2, -0.15) is 0 Å². The molecule has 2 atom stereocenters. The lowest BCUT2D eigenvalue weighted by atomic mass is 9.99. The molecule has 1 fully saturated rings. The number of nitrogens with one attached hydrogen (secondary N) is 1. The summed E-state index contributed by atoms with van der Waals surface area (Å²) in [5.41, 5.74) is 2.96. The normalized spacial score (nSPS) is 16.9. The van der Waals surface area contributed by atoms with E-state index in [1.807, 2.05) is 0 Å². The van der Waals surface area contributed by atoms with Crippen LogP contribution in [0.5, 0.6) is 5.75 Å². The fraction of sp³-hybridized carbons (Fsp3) is 0.350. The zero-order valence-electron chi connectivity index (χ0n) is 16.4. The summed E-state index contributed by atoms with van der Waals surface area (Å²) in [4.78, 5) is 19.7. The minimum absolute atomic E-state index is 0.0392. The third kappa shape index (κ3) is 5.22. The number of amidine groups is 1. The van der Waals surface area contributed by atoms with E-state index in [9.17, 15) is 18.0 Å². The van der Waals surface area contributed by atoms with Crippen LogP contribution in [0.25, 0.3) is 0 Å². The van der Waals surface area contributed by atoms with Crippen LogP contribution in [0, 0.1) is 5.82 Å². The zero-order valence-corrected chi connectivity index (χ0v) is 16.4. The number of hydrogen-bond donors (Lipinski definition) is 2. The molecule has 1 amide bonds. The maximum Gasteiger partial charge on any atom is 0.282 e. The highest BCUT2D eigenvalue weighted by molar-refractivity contribution is 6.02. The lowest BCUT2D eigenvalue weighted by Gasteiger charge is -2.25. The van der Waals surface area contributed by atoms with Crippen LogP contribution in [0.2, 0.25) is 0 Å². The molecule has 0 bridgehead atoms. The van der Waals surface area contributed by atoms with E-state index in [0.717, 1.165) is 18.3 Å². The molecule has 2 aromatic rings. The predicted octanol–water partition coefficient (Wildman–Crippen LogP) is 3.62. The summed E-state index contributed by atoms with van der Waals surface area (Å²) in [5.74, 6) is -1.50. The molecule has 0 radical (unpaired) electrons. The minimum atomic E-state index is -2.21. The molecule has 1 aromatic carbocycles. The van der Waals surface area contributed by atoms with Gasteiger partial charge in [0.15, 0.2) is 17.9 Å². The lowest BCUT2D eigenvalue weighted by molar-refractivity contribution is 0.00524. The van der Waals surface area contributed by atoms with Gasteiger partial charge in [-0.1, -0.05) is 0 Å². The quantitative estimate of drug-likeness (QED) is 0.371. The van der Waals surface area contributed by atoms with Gasteiger partial charge in [0.2, 0.25) is 6.86 Å². The van der Waals surface area contributed by atoms with Crippen molar-refractivity contribution in [3.05, 3.63) is 53.6 Å². The van der Waals surface area contributed by atoms with Crippen molar-refractivity contribution in [3.63, 3.8) is 0 Å². The summed E-state index contributed by atoms with van der Waals surface area (Å²) in [6.07, 6.45) is -2.66. The van der Waals surface area contributed by atoms with Crippen molar-refractivity contribution in [2.75, 3.05) is 19.2 Å². The summed E-state index contributed by atoms with van der Waals surface area (Å²) in [5, 5.41) is 2.44. The number of pyridine rings is 1. The number of aromatic nitrogens is 1. The Bertz CT molecular complexity index is 967. The maximum atomic E-state index is 15.2. The van der Waals surface area contributed by atoms with E-state index in [1.165, 1.54) is 25.2 Å². The van der Waals surface area contributed by atoms with Gasteiger partial charge in [-0.15, -0.1) is 0 Å². The maximum absolute atomic E-state index is 15.2. The fourth-order valence-corrected chi connectivity index (χ4v) is 2.87. The summed E-state index contributed by atoms with van der Waals surface area (Å²) >= 11 is 0. The lowest BCUT2D eigenvalue weighted by Crippen LogP contribution is -2.37. The Hall–Kier alpha value is -3.37. The van der Waals surface area contributed by atoms with Gasteiger partial charge >= 0.3 is 0 Å². The highest BCUT2D eigenvalue weighted by Crippen LogP contribution is 2.49. The number of alkyl halides is 3. The van der Waals surface area contributed by atoms with Gasteiger partial charge in [0.25, 0.3) is 11.9 Å². The minimum Gasteiger partial charge on any atom is -0.461 e. The second-order valence-corrected chi connectivity index (χ2v) is 6.86. The summed E-state index contributed by atoms with van der Waals surface area (Å²) in [7, 11) is 1.29. The van der Waals surface area contributed by atoms with E-state index < -0.39 is 48.1 Å². The van der Waals surface area contributed by atoms with E-state index in [2.05, 4.69) is 20.0 Å². The Kier molecular flexibility index (Phi) is 6.62. The number of hydrogen-bond acceptors (Lipinski definition) is 5. The molecule has 1 aliphatic rings. The fourth-order valence-electron chi connectivity index (χ4n) is 2.87. The molecule has 7 nitrogen and oxygen atoms in total. The number of benzene rings is 1. The second kappa shape index (κ2) is 9.19. The SMILES string of the molecule is C/N=C(/N)O[C@@H]([C@H](F)c1cc(NC(=O)c2ccc(OCF)cn2)ccc1F)C1(F)CC1. The molecule has 3 rings (SSSR count). The Morgan fingerprint density at radius 3 is 2.68 bits per heavy atom. The van der Waals surface area contributed by atoms with Gasteiger partial charge in [-0.05, 0) is 43.2 Å². The average molecular weight is 440 g/mol. The zero-order chi connectivity index (χ0) is 22.6. The molecule has 1 saturated carbocycles. The van der Waals surface area contributed by atoms with Gasteiger partial charge in [0.1, 0.15) is 17.3 Å². The van der Waals surface area contributed by atoms with E-state index >= 15 is 4.39 Å². The van der Waals surface area contributed by atoms with Gasteiger partial charge in [0.05, 0.1) is 6.20 Å². The number of aliphatic imine (C=N–C) groups is 1. The molecular weight excluding hydrogens is 420 g/mol. The summed E-state index contributed by atoms with van der Waals surface area (Å²) < 4.78 is 66.0. The standard InChI is InChI=1S/C20H20F4N4O3/c1-26-19(25)31-17(20(24)6-7-20)16(23)13-8-11(2-4-14(13)22)28-18(29)15-5-3-12(9-27-15)30-10-21/h2-5,8-9,16-17H,6-7,10H2,1H3,(H2,25,26)(H,28,29)/t16-,17+/m1/s1. The molecule has 3 N–H and O–H groups in total. The van der Waals surface area contributed by atoms with Crippen LogP contribution in [-0.2, 0) is 4.74 Å². The molecule has 31 heavy (non-hydrogen) atoms. The molecule has 0 saturated heterocycles. The van der Waals surface area contributed by atoms with E-state index in [-0.39, 0.29) is 30.0 Å². The number of amides is 1. The predicted molar refractivity (Wildman–Crippen MR) is 105 cm³/mol. The number of anilines is 1. The van der Waals surface area contributed by atoms with Crippen molar-refractivity contribution in [2.24, 2.45) is 10.7 Å². The largest absolute Gasteiger partial charge is 0.461 e. The Morgan fingerprint density at radius 1 is 1.35 bits per heavy atom. The van der Waals surface area contributed by atoms with E-state index in [1.54, 1.807) is 0 Å². The molecule has 1 heterocycles. The van der Waals surface area contributed by atoms with Gasteiger partial charge < -0.3 is 20.5 Å². The van der Waals surface area contributed by atoms with Crippen molar-refractivity contribution >= 4 is 17.6 Å². The van der Waals surface area contributed by atoms with Crippen molar-refractivity contribution in [1.82, 2.24) is 4.98 Å². The van der Waals surface area contributed by atoms with E-state index in [0.29, 0.717) is 0 Å². The van der Waals surface area contributed by atoms with Crippen molar-refractivity contribution < 1.29 is 31.8 Å². The van der Waals surface area contributed by atoms with Crippen molar-refractivity contribution in [2.45, 2.75) is 30.8 Å². The third-order valence-electron chi connectivity index (χ3n) is 4.71. The molecule has 1 aliphatic carbocycles. The van der Waals surface area contributed by atoms with Crippen molar-refractivity contribution in [3.8, 4) is 5.75 Å². The third-order valence-corrected chi connectivity index (χ3v) is 4.71. The number of carbonyl (C=O) groups excluding carboxylic acids is 1. The smallest absolute Gasteiger partial charge is 0.282 e. The summed E-state index contributed by atoms with van der Waals surface area (Å²) in [6, 6.07) is 5.40. The van der Waals surface area contributed by atoms with Crippen LogP contribution in [-0.4, -0.2) is 42.6 Å². The average Bonchev–Trinajstić information content (AvgIpc) is 3.51. The highest BCUT2D eigenvalue weighted by Gasteiger charge is 2.56. The highest BCUT2D eigenvalue weighted by atomic mass is 19.2. The van der Waals surface area contributed by atoms with Crippen LogP contribution in [0.1, 0.15) is 35.1 Å². The first-order chi connectivity index (χ1) is 14.8. The molecule has 1 aromatic heterocycles. The topological polar surface area (TPSA) is 98.8 Å². The van der Waals surface area contributed by atoms with Gasteiger partial charge in [-0.25, -0.2) is 27.5 Å². The first-order valence-corrected chi connectivity index (χ1v) is 9.25. The molecule has 11 heteroatoms. The number of rotatable bonds is 8. The van der Waals surface area contributed by atoms with Gasteiger partial charge in [0, 0.05) is 18.3 Å². The number of ether oxygens (including phenoxy) is 2. The first kappa shape index (κ1) is 22.3.